The Labute approximate surface area is 342 Å². The Morgan fingerprint density at radius 1 is 0.737 bits per heavy atom. The Kier molecular flexibility index (Phi) is 11.9. The Morgan fingerprint density at radius 2 is 1.26 bits per heavy atom. The van der Waals surface area contributed by atoms with E-state index >= 15 is 0 Å². The highest BCUT2D eigenvalue weighted by atomic mass is 16.6. The van der Waals surface area contributed by atoms with Gasteiger partial charge >= 0.3 is 6.09 Å². The van der Waals surface area contributed by atoms with E-state index in [9.17, 15) is 4.79 Å². The lowest BCUT2D eigenvalue weighted by molar-refractivity contribution is 0.00364. The van der Waals surface area contributed by atoms with Crippen LogP contribution in [0.1, 0.15) is 149 Å². The number of fused-ring (bicyclic) bond motifs is 2. The van der Waals surface area contributed by atoms with Gasteiger partial charge in [0.15, 0.2) is 0 Å². The molecule has 0 spiro atoms. The van der Waals surface area contributed by atoms with Gasteiger partial charge in [0.1, 0.15) is 5.60 Å². The van der Waals surface area contributed by atoms with E-state index in [0.717, 1.165) is 80.8 Å². The number of rotatable bonds is 4. The molecule has 2 unspecified atom stereocenters. The summed E-state index contributed by atoms with van der Waals surface area (Å²) < 4.78 is 10.2. The van der Waals surface area contributed by atoms with Crippen molar-refractivity contribution in [1.82, 2.24) is 39.6 Å². The van der Waals surface area contributed by atoms with Crippen LogP contribution in [-0.4, -0.2) is 97.3 Å². The van der Waals surface area contributed by atoms with Crippen molar-refractivity contribution in [3.63, 3.8) is 0 Å². The van der Waals surface area contributed by atoms with Crippen LogP contribution in [0.5, 0.6) is 0 Å². The number of hydrogen-bond acceptors (Lipinski definition) is 7. The fraction of sp³-hybridized carbons (Fsp3) is 0.681. The Bertz CT molecular complexity index is 2000. The van der Waals surface area contributed by atoms with E-state index in [1.54, 1.807) is 0 Å². The molecular weight excluding hydrogens is 709 g/mol. The number of amides is 1. The molecule has 4 aliphatic heterocycles. The van der Waals surface area contributed by atoms with Crippen molar-refractivity contribution in [3.8, 4) is 0 Å². The van der Waals surface area contributed by atoms with Crippen LogP contribution in [-0.2, 0) is 4.74 Å². The SMILES string of the molecule is C[C@H]1CC[C@H](c2ccc3cn(C4CCN(C)C(C)(C)C4)nc3c2)N(C(=O)OC(C)(C)C)C1.C[C@H]1CC[C@H](c2ccc3cn(C4CCN(C)C(C)(C)C4)nc3c2)NC1. The van der Waals surface area contributed by atoms with Gasteiger partial charge in [0.2, 0.25) is 0 Å². The van der Waals surface area contributed by atoms with E-state index < -0.39 is 5.60 Å². The lowest BCUT2D eigenvalue weighted by atomic mass is 9.87. The van der Waals surface area contributed by atoms with E-state index in [-0.39, 0.29) is 23.2 Å². The molecule has 0 aliphatic carbocycles. The fourth-order valence-corrected chi connectivity index (χ4v) is 9.62. The van der Waals surface area contributed by atoms with Gasteiger partial charge in [-0.25, -0.2) is 4.79 Å². The van der Waals surface area contributed by atoms with Crippen LogP contribution in [0.3, 0.4) is 0 Å². The molecule has 2 aromatic carbocycles. The zero-order valence-corrected chi connectivity index (χ0v) is 37.0. The maximum absolute atomic E-state index is 13.0. The molecule has 0 radical (unpaired) electrons. The minimum Gasteiger partial charge on any atom is -0.444 e. The largest absolute Gasteiger partial charge is 0.444 e. The Hall–Kier alpha value is -3.47. The first kappa shape index (κ1) is 41.7. The topological polar surface area (TPSA) is 83.7 Å². The highest BCUT2D eigenvalue weighted by molar-refractivity contribution is 5.80. The standard InChI is InChI=1S/C26H40N4O2.C21H32N4/c1-18-8-11-23(29(16-18)24(31)32-25(2,3)4)19-9-10-20-17-30(27-22(20)14-19)21-12-13-28(7)26(5,6)15-21;1-15-5-8-19(22-13-15)16-6-7-17-14-25(23-20(17)11-16)18-9-10-24(4)21(2,3)12-18/h9-10,14,17-18,21,23H,8,11-13,15-16H2,1-7H3;6-7,11,14-15,18-19,22H,5,8-10,12-13H2,1-4H3/t18-,21?,23+;15-,18?,19+/m00/s1. The predicted molar refractivity (Wildman–Crippen MR) is 233 cm³/mol. The zero-order valence-electron chi connectivity index (χ0n) is 37.0. The van der Waals surface area contributed by atoms with Gasteiger partial charge in [-0.05, 0) is 156 Å². The number of nitrogens with zero attached hydrogens (tertiary/aromatic N) is 7. The van der Waals surface area contributed by atoms with Gasteiger partial charge in [-0.3, -0.25) is 9.36 Å². The first-order chi connectivity index (χ1) is 26.8. The van der Waals surface area contributed by atoms with Crippen LogP contribution >= 0.6 is 0 Å². The Morgan fingerprint density at radius 3 is 1.77 bits per heavy atom. The molecule has 1 amide bonds. The highest BCUT2D eigenvalue weighted by Crippen LogP contribution is 2.38. The second-order valence-electron chi connectivity index (χ2n) is 20.6. The highest BCUT2D eigenvalue weighted by Gasteiger charge is 2.36. The molecule has 57 heavy (non-hydrogen) atoms. The third kappa shape index (κ3) is 9.55. The number of carbonyl (C=O) groups excluding carboxylic acids is 1. The molecule has 8 rings (SSSR count). The number of carbonyl (C=O) groups is 1. The molecule has 312 valence electrons. The summed E-state index contributed by atoms with van der Waals surface area (Å²) in [6, 6.07) is 14.8. The molecule has 2 aromatic heterocycles. The monoisotopic (exact) mass is 781 g/mol. The van der Waals surface area contributed by atoms with E-state index in [1.165, 1.54) is 35.6 Å². The van der Waals surface area contributed by atoms with Crippen molar-refractivity contribution < 1.29 is 9.53 Å². The van der Waals surface area contributed by atoms with Crippen molar-refractivity contribution in [2.45, 2.75) is 155 Å². The second kappa shape index (κ2) is 16.3. The smallest absolute Gasteiger partial charge is 0.410 e. The average molecular weight is 781 g/mol. The summed E-state index contributed by atoms with van der Waals surface area (Å²) in [5, 5.41) is 16.1. The zero-order chi connectivity index (χ0) is 40.9. The minimum absolute atomic E-state index is 0.0397. The number of benzene rings is 2. The summed E-state index contributed by atoms with van der Waals surface area (Å²) in [4.78, 5) is 19.8. The number of piperidine rings is 4. The summed E-state index contributed by atoms with van der Waals surface area (Å²) in [6.45, 7) is 23.7. The first-order valence-corrected chi connectivity index (χ1v) is 22.0. The number of aromatic nitrogens is 4. The van der Waals surface area contributed by atoms with Gasteiger partial charge in [-0.15, -0.1) is 0 Å². The molecular formula is C47H72N8O2. The number of nitrogens with one attached hydrogen (secondary N) is 1. The molecule has 4 saturated heterocycles. The molecule has 1 N–H and O–H groups in total. The Balaban J connectivity index is 0.000000179. The van der Waals surface area contributed by atoms with Crippen molar-refractivity contribution in [2.24, 2.45) is 11.8 Å². The lowest BCUT2D eigenvalue weighted by Gasteiger charge is -2.43. The average Bonchev–Trinajstić information content (AvgIpc) is 3.78. The first-order valence-electron chi connectivity index (χ1n) is 22.0. The van der Waals surface area contributed by atoms with Crippen molar-refractivity contribution >= 4 is 27.9 Å². The van der Waals surface area contributed by atoms with Gasteiger partial charge in [0.25, 0.3) is 0 Å². The lowest BCUT2D eigenvalue weighted by Crippen LogP contribution is -2.47. The quantitative estimate of drug-likeness (QED) is 0.221. The molecule has 0 bridgehead atoms. The van der Waals surface area contributed by atoms with Crippen LogP contribution in [0.15, 0.2) is 48.8 Å². The maximum Gasteiger partial charge on any atom is 0.410 e. The van der Waals surface area contributed by atoms with E-state index in [0.29, 0.717) is 24.0 Å². The molecule has 6 atom stereocenters. The number of hydrogen-bond donors (Lipinski definition) is 1. The van der Waals surface area contributed by atoms with Crippen molar-refractivity contribution in [1.29, 1.82) is 0 Å². The van der Waals surface area contributed by atoms with Gasteiger partial charge < -0.3 is 24.8 Å². The van der Waals surface area contributed by atoms with Crippen LogP contribution in [0.4, 0.5) is 4.79 Å². The number of ether oxygens (including phenoxy) is 1. The molecule has 10 nitrogen and oxygen atoms in total. The molecule has 4 fully saturated rings. The van der Waals surface area contributed by atoms with Gasteiger partial charge in [0.05, 0.1) is 29.2 Å². The van der Waals surface area contributed by atoms with Gasteiger partial charge in [0, 0.05) is 59.9 Å². The third-order valence-electron chi connectivity index (χ3n) is 13.9. The van der Waals surface area contributed by atoms with Gasteiger partial charge in [-0.1, -0.05) is 38.1 Å². The second-order valence-corrected chi connectivity index (χ2v) is 20.6. The predicted octanol–water partition coefficient (Wildman–Crippen LogP) is 9.93. The molecule has 6 heterocycles. The van der Waals surface area contributed by atoms with Crippen LogP contribution < -0.4 is 5.32 Å². The fourth-order valence-electron chi connectivity index (χ4n) is 9.62. The summed E-state index contributed by atoms with van der Waals surface area (Å²) in [5.41, 5.74) is 4.65. The maximum atomic E-state index is 13.0. The molecule has 0 saturated carbocycles. The van der Waals surface area contributed by atoms with Gasteiger partial charge in [-0.2, -0.15) is 10.2 Å². The van der Waals surface area contributed by atoms with Crippen LogP contribution in [0.2, 0.25) is 0 Å². The van der Waals surface area contributed by atoms with Crippen molar-refractivity contribution in [2.75, 3.05) is 40.3 Å². The number of likely N-dealkylation sites (tertiary alicyclic amines) is 3. The van der Waals surface area contributed by atoms with Crippen LogP contribution in [0.25, 0.3) is 21.8 Å². The summed E-state index contributed by atoms with van der Waals surface area (Å²) >= 11 is 0. The van der Waals surface area contributed by atoms with E-state index in [4.69, 9.17) is 14.9 Å². The molecule has 4 aliphatic rings. The normalized spacial score (nSPS) is 28.6. The summed E-state index contributed by atoms with van der Waals surface area (Å²) in [7, 11) is 4.45. The minimum atomic E-state index is -0.493. The van der Waals surface area contributed by atoms with E-state index in [1.807, 2.05) is 25.7 Å². The summed E-state index contributed by atoms with van der Waals surface area (Å²) in [5.74, 6) is 1.28. The summed E-state index contributed by atoms with van der Waals surface area (Å²) in [6.07, 6.45) is 13.4. The van der Waals surface area contributed by atoms with Crippen molar-refractivity contribution in [3.05, 3.63) is 59.9 Å². The molecule has 10 heteroatoms. The van der Waals surface area contributed by atoms with E-state index in [2.05, 4.69) is 129 Å². The third-order valence-corrected chi connectivity index (χ3v) is 13.9. The molecule has 4 aromatic rings. The van der Waals surface area contributed by atoms with Crippen LogP contribution in [0, 0.1) is 11.8 Å².